The highest BCUT2D eigenvalue weighted by Gasteiger charge is 2.05. The van der Waals surface area contributed by atoms with Gasteiger partial charge in [0, 0.05) is 29.9 Å². The van der Waals surface area contributed by atoms with Gasteiger partial charge in [-0.15, -0.1) is 0 Å². The Morgan fingerprint density at radius 3 is 2.63 bits per heavy atom. The van der Waals surface area contributed by atoms with Gasteiger partial charge in [0.1, 0.15) is 5.82 Å². The second-order valence-electron chi connectivity index (χ2n) is 4.29. The van der Waals surface area contributed by atoms with Crippen molar-refractivity contribution >= 4 is 22.4 Å². The van der Waals surface area contributed by atoms with Crippen LogP contribution in [0, 0.1) is 0 Å². The lowest BCUT2D eigenvalue weighted by Gasteiger charge is -2.06. The molecule has 3 N–H and O–H groups in total. The fraction of sp³-hybridized carbons (Fsp3) is 0.0667. The highest BCUT2D eigenvalue weighted by molar-refractivity contribution is 5.90. The third kappa shape index (κ3) is 2.08. The van der Waals surface area contributed by atoms with Gasteiger partial charge < -0.3 is 11.1 Å². The molecule has 0 spiro atoms. The number of benzene rings is 1. The summed E-state index contributed by atoms with van der Waals surface area (Å²) in [6.45, 7) is 0. The van der Waals surface area contributed by atoms with Crippen molar-refractivity contribution < 1.29 is 0 Å². The van der Waals surface area contributed by atoms with E-state index in [0.29, 0.717) is 5.82 Å². The van der Waals surface area contributed by atoms with Crippen LogP contribution in [0.5, 0.6) is 0 Å². The molecule has 4 nitrogen and oxygen atoms in total. The van der Waals surface area contributed by atoms with Gasteiger partial charge in [-0.2, -0.15) is 0 Å². The van der Waals surface area contributed by atoms with Gasteiger partial charge in [0.25, 0.3) is 0 Å². The number of nitrogen functional groups attached to an aromatic ring is 1. The number of nitrogens with one attached hydrogen (secondary N) is 1. The average molecular weight is 250 g/mol. The number of hydrogen-bond donors (Lipinski definition) is 2. The van der Waals surface area contributed by atoms with Gasteiger partial charge >= 0.3 is 0 Å². The molecule has 19 heavy (non-hydrogen) atoms. The molecule has 3 aromatic rings. The summed E-state index contributed by atoms with van der Waals surface area (Å²) in [7, 11) is 1.89. The Kier molecular flexibility index (Phi) is 2.76. The first-order valence-corrected chi connectivity index (χ1v) is 6.07. The van der Waals surface area contributed by atoms with E-state index in [2.05, 4.69) is 15.3 Å². The minimum atomic E-state index is 0.512. The van der Waals surface area contributed by atoms with Crippen molar-refractivity contribution in [2.24, 2.45) is 0 Å². The highest BCUT2D eigenvalue weighted by atomic mass is 14.9. The molecule has 2 heterocycles. The Labute approximate surface area is 111 Å². The summed E-state index contributed by atoms with van der Waals surface area (Å²) in [5, 5.41) is 3.98. The van der Waals surface area contributed by atoms with E-state index in [9.17, 15) is 0 Å². The Morgan fingerprint density at radius 1 is 1.11 bits per heavy atom. The molecule has 0 fully saturated rings. The molecule has 4 heteroatoms. The molecule has 2 aromatic heterocycles. The van der Waals surface area contributed by atoms with Crippen molar-refractivity contribution in [3.63, 3.8) is 0 Å². The minimum absolute atomic E-state index is 0.512. The summed E-state index contributed by atoms with van der Waals surface area (Å²) < 4.78 is 0. The van der Waals surface area contributed by atoms with Gasteiger partial charge in [0.2, 0.25) is 0 Å². The Bertz CT molecular complexity index is 720. The van der Waals surface area contributed by atoms with E-state index in [-0.39, 0.29) is 0 Å². The maximum atomic E-state index is 5.99. The fourth-order valence-corrected chi connectivity index (χ4v) is 2.06. The lowest BCUT2D eigenvalue weighted by Crippen LogP contribution is -1.95. The number of aromatic nitrogens is 2. The monoisotopic (exact) mass is 250 g/mol. The molecular formula is C15H14N4. The normalized spacial score (nSPS) is 10.6. The highest BCUT2D eigenvalue weighted by Crippen LogP contribution is 2.25. The lowest BCUT2D eigenvalue weighted by atomic mass is 10.1. The molecule has 0 aliphatic heterocycles. The first-order chi connectivity index (χ1) is 9.28. The van der Waals surface area contributed by atoms with Gasteiger partial charge in [0.05, 0.1) is 11.2 Å². The largest absolute Gasteiger partial charge is 0.388 e. The topological polar surface area (TPSA) is 63.8 Å². The van der Waals surface area contributed by atoms with E-state index in [4.69, 9.17) is 5.73 Å². The first kappa shape index (κ1) is 11.5. The van der Waals surface area contributed by atoms with E-state index >= 15 is 0 Å². The van der Waals surface area contributed by atoms with E-state index < -0.39 is 0 Å². The Morgan fingerprint density at radius 2 is 1.89 bits per heavy atom. The molecule has 0 aliphatic rings. The molecular weight excluding hydrogens is 236 g/mol. The zero-order valence-corrected chi connectivity index (χ0v) is 10.6. The summed E-state index contributed by atoms with van der Waals surface area (Å²) in [5.74, 6) is 0.512. The summed E-state index contributed by atoms with van der Waals surface area (Å²) in [6, 6.07) is 13.8. The first-order valence-electron chi connectivity index (χ1n) is 6.07. The van der Waals surface area contributed by atoms with Crippen LogP contribution in [0.15, 0.2) is 48.7 Å². The van der Waals surface area contributed by atoms with Gasteiger partial charge in [-0.05, 0) is 30.3 Å². The van der Waals surface area contributed by atoms with Crippen LogP contribution < -0.4 is 11.1 Å². The van der Waals surface area contributed by atoms with Crippen molar-refractivity contribution in [3.8, 4) is 11.3 Å². The molecule has 94 valence electrons. The molecule has 0 saturated carbocycles. The fourth-order valence-electron chi connectivity index (χ4n) is 2.06. The van der Waals surface area contributed by atoms with Gasteiger partial charge in [0.15, 0.2) is 0 Å². The molecule has 1 aromatic carbocycles. The zero-order valence-electron chi connectivity index (χ0n) is 10.6. The van der Waals surface area contributed by atoms with Crippen LogP contribution in [0.1, 0.15) is 0 Å². The Hall–Kier alpha value is -2.62. The number of rotatable bonds is 2. The summed E-state index contributed by atoms with van der Waals surface area (Å²) in [6.07, 6.45) is 1.76. The second kappa shape index (κ2) is 4.57. The van der Waals surface area contributed by atoms with Crippen molar-refractivity contribution in [1.82, 2.24) is 9.97 Å². The van der Waals surface area contributed by atoms with Gasteiger partial charge in [-0.1, -0.05) is 12.1 Å². The molecule has 0 atom stereocenters. The van der Waals surface area contributed by atoms with Crippen LogP contribution in [-0.2, 0) is 0 Å². The lowest BCUT2D eigenvalue weighted by molar-refractivity contribution is 1.33. The Balaban J connectivity index is 2.14. The summed E-state index contributed by atoms with van der Waals surface area (Å²) in [5.41, 5.74) is 9.78. The third-order valence-electron chi connectivity index (χ3n) is 3.10. The zero-order chi connectivity index (χ0) is 13.2. The van der Waals surface area contributed by atoms with Crippen LogP contribution >= 0.6 is 0 Å². The molecule has 0 bridgehead atoms. The number of pyridine rings is 2. The van der Waals surface area contributed by atoms with E-state index in [1.54, 1.807) is 6.20 Å². The number of nitrogens with zero attached hydrogens (tertiary/aromatic N) is 2. The third-order valence-corrected chi connectivity index (χ3v) is 3.10. The number of nitrogens with two attached hydrogens (primary N) is 1. The van der Waals surface area contributed by atoms with Crippen LogP contribution in [0.25, 0.3) is 22.2 Å². The van der Waals surface area contributed by atoms with Crippen LogP contribution in [0.4, 0.5) is 11.5 Å². The second-order valence-corrected chi connectivity index (χ2v) is 4.29. The van der Waals surface area contributed by atoms with Gasteiger partial charge in [-0.25, -0.2) is 4.98 Å². The minimum Gasteiger partial charge on any atom is -0.388 e. The van der Waals surface area contributed by atoms with Crippen molar-refractivity contribution in [2.75, 3.05) is 18.1 Å². The predicted octanol–water partition coefficient (Wildman–Crippen LogP) is 2.92. The molecule has 0 radical (unpaired) electrons. The standard InChI is InChI=1S/C15H14N4/c1-17-11-6-4-10(5-7-11)13-9-14-12(15(16)19-13)3-2-8-18-14/h2-9,17H,1H3,(H2,16,19). The van der Waals surface area contributed by atoms with E-state index in [1.807, 2.05) is 49.5 Å². The maximum Gasteiger partial charge on any atom is 0.133 e. The molecule has 0 aliphatic carbocycles. The predicted molar refractivity (Wildman–Crippen MR) is 78.9 cm³/mol. The van der Waals surface area contributed by atoms with Crippen molar-refractivity contribution in [3.05, 3.63) is 48.7 Å². The number of hydrogen-bond acceptors (Lipinski definition) is 4. The van der Waals surface area contributed by atoms with E-state index in [0.717, 1.165) is 27.8 Å². The molecule has 0 amide bonds. The maximum absolute atomic E-state index is 5.99. The SMILES string of the molecule is CNc1ccc(-c2cc3ncccc3c(N)n2)cc1. The smallest absolute Gasteiger partial charge is 0.133 e. The van der Waals surface area contributed by atoms with E-state index in [1.165, 1.54) is 0 Å². The van der Waals surface area contributed by atoms with Crippen LogP contribution in [-0.4, -0.2) is 17.0 Å². The van der Waals surface area contributed by atoms with Crippen LogP contribution in [0.2, 0.25) is 0 Å². The molecule has 0 saturated heterocycles. The summed E-state index contributed by atoms with van der Waals surface area (Å²) in [4.78, 5) is 8.77. The van der Waals surface area contributed by atoms with Gasteiger partial charge in [-0.3, -0.25) is 4.98 Å². The van der Waals surface area contributed by atoms with Crippen molar-refractivity contribution in [1.29, 1.82) is 0 Å². The molecule has 3 rings (SSSR count). The average Bonchev–Trinajstić information content (AvgIpc) is 2.47. The van der Waals surface area contributed by atoms with Crippen molar-refractivity contribution in [2.45, 2.75) is 0 Å². The quantitative estimate of drug-likeness (QED) is 0.734. The molecule has 0 unspecified atom stereocenters. The number of fused-ring (bicyclic) bond motifs is 1. The van der Waals surface area contributed by atoms with Crippen LogP contribution in [0.3, 0.4) is 0 Å². The summed E-state index contributed by atoms with van der Waals surface area (Å²) >= 11 is 0. The number of anilines is 2.